The zero-order valence-electron chi connectivity index (χ0n) is 16.1. The minimum Gasteiger partial charge on any atom is -0.497 e. The van der Waals surface area contributed by atoms with E-state index in [-0.39, 0.29) is 4.90 Å². The van der Waals surface area contributed by atoms with Crippen LogP contribution in [0.5, 0.6) is 5.75 Å². The fourth-order valence-electron chi connectivity index (χ4n) is 3.25. The first-order valence-corrected chi connectivity index (χ1v) is 11.6. The number of thiazole rings is 1. The largest absolute Gasteiger partial charge is 0.497 e. The SMILES string of the molecule is COc1ccc(-c2csc(CN3CCN(S(=O)(=O)c4cccnc4)CC3)n2)cc1. The molecule has 0 aliphatic carbocycles. The summed E-state index contributed by atoms with van der Waals surface area (Å²) >= 11 is 1.63. The molecule has 1 fully saturated rings. The Morgan fingerprint density at radius 3 is 2.52 bits per heavy atom. The van der Waals surface area contributed by atoms with Crippen LogP contribution >= 0.6 is 11.3 Å². The van der Waals surface area contributed by atoms with E-state index < -0.39 is 10.0 Å². The van der Waals surface area contributed by atoms with Crippen molar-refractivity contribution in [1.29, 1.82) is 0 Å². The van der Waals surface area contributed by atoms with Crippen molar-refractivity contribution < 1.29 is 13.2 Å². The van der Waals surface area contributed by atoms with E-state index in [1.54, 1.807) is 36.8 Å². The molecule has 9 heteroatoms. The standard InChI is InChI=1S/C20H22N4O3S2/c1-27-17-6-4-16(5-7-17)19-15-28-20(22-19)14-23-9-11-24(12-10-23)29(25,26)18-3-2-8-21-13-18/h2-8,13,15H,9-12,14H2,1H3. The molecule has 7 nitrogen and oxygen atoms in total. The second kappa shape index (κ2) is 8.58. The summed E-state index contributed by atoms with van der Waals surface area (Å²) < 4.78 is 32.1. The molecule has 1 aromatic carbocycles. The molecule has 3 aromatic rings. The summed E-state index contributed by atoms with van der Waals surface area (Å²) in [5.74, 6) is 0.823. The zero-order valence-corrected chi connectivity index (χ0v) is 17.7. The van der Waals surface area contributed by atoms with E-state index in [0.717, 1.165) is 28.6 Å². The molecule has 4 rings (SSSR count). The monoisotopic (exact) mass is 430 g/mol. The van der Waals surface area contributed by atoms with Crippen LogP contribution in [0.4, 0.5) is 0 Å². The second-order valence-electron chi connectivity index (χ2n) is 6.72. The summed E-state index contributed by atoms with van der Waals surface area (Å²) in [7, 11) is -1.82. The molecule has 0 unspecified atom stereocenters. The van der Waals surface area contributed by atoms with Crippen LogP contribution in [0.1, 0.15) is 5.01 Å². The molecule has 0 saturated carbocycles. The summed E-state index contributed by atoms with van der Waals surface area (Å²) in [6.07, 6.45) is 2.98. The number of ether oxygens (including phenoxy) is 1. The van der Waals surface area contributed by atoms with E-state index in [4.69, 9.17) is 9.72 Å². The Kier molecular flexibility index (Phi) is 5.91. The summed E-state index contributed by atoms with van der Waals surface area (Å²) in [6, 6.07) is 11.1. The summed E-state index contributed by atoms with van der Waals surface area (Å²) in [4.78, 5) is 11.2. The molecule has 0 amide bonds. The van der Waals surface area contributed by atoms with Crippen LogP contribution in [0, 0.1) is 0 Å². The fourth-order valence-corrected chi connectivity index (χ4v) is 5.48. The third-order valence-electron chi connectivity index (χ3n) is 4.90. The van der Waals surface area contributed by atoms with Crippen molar-refractivity contribution in [2.24, 2.45) is 0 Å². The number of aromatic nitrogens is 2. The number of rotatable bonds is 6. The Bertz CT molecular complexity index is 1040. The highest BCUT2D eigenvalue weighted by Crippen LogP contribution is 2.25. The van der Waals surface area contributed by atoms with Gasteiger partial charge in [0.05, 0.1) is 19.3 Å². The van der Waals surface area contributed by atoms with Crippen LogP contribution in [0.15, 0.2) is 59.1 Å². The van der Waals surface area contributed by atoms with Crippen molar-refractivity contribution in [1.82, 2.24) is 19.2 Å². The Labute approximate surface area is 174 Å². The fraction of sp³-hybridized carbons (Fsp3) is 0.300. The maximum absolute atomic E-state index is 12.7. The minimum absolute atomic E-state index is 0.248. The van der Waals surface area contributed by atoms with Crippen molar-refractivity contribution >= 4 is 21.4 Å². The lowest BCUT2D eigenvalue weighted by Crippen LogP contribution is -2.48. The number of piperazine rings is 1. The van der Waals surface area contributed by atoms with E-state index >= 15 is 0 Å². The van der Waals surface area contributed by atoms with Gasteiger partial charge in [0.1, 0.15) is 15.7 Å². The van der Waals surface area contributed by atoms with Gasteiger partial charge in [0.25, 0.3) is 0 Å². The predicted molar refractivity (Wildman–Crippen MR) is 112 cm³/mol. The average molecular weight is 431 g/mol. The topological polar surface area (TPSA) is 75.6 Å². The molecule has 2 aromatic heterocycles. The molecule has 0 N–H and O–H groups in total. The van der Waals surface area contributed by atoms with Gasteiger partial charge in [-0.1, -0.05) is 0 Å². The van der Waals surface area contributed by atoms with Gasteiger partial charge in [-0.15, -0.1) is 11.3 Å². The molecule has 0 bridgehead atoms. The molecule has 1 aliphatic rings. The van der Waals surface area contributed by atoms with E-state index in [1.807, 2.05) is 24.3 Å². The van der Waals surface area contributed by atoms with Gasteiger partial charge in [-0.2, -0.15) is 4.31 Å². The number of sulfonamides is 1. The number of hydrogen-bond donors (Lipinski definition) is 0. The molecular weight excluding hydrogens is 408 g/mol. The quantitative estimate of drug-likeness (QED) is 0.599. The number of nitrogens with zero attached hydrogens (tertiary/aromatic N) is 4. The van der Waals surface area contributed by atoms with Gasteiger partial charge >= 0.3 is 0 Å². The first kappa shape index (κ1) is 20.0. The molecule has 0 atom stereocenters. The van der Waals surface area contributed by atoms with Crippen molar-refractivity contribution in [2.45, 2.75) is 11.4 Å². The number of hydrogen-bond acceptors (Lipinski definition) is 7. The lowest BCUT2D eigenvalue weighted by Gasteiger charge is -2.33. The zero-order chi connectivity index (χ0) is 20.3. The maximum Gasteiger partial charge on any atom is 0.244 e. The Hall–Kier alpha value is -2.33. The van der Waals surface area contributed by atoms with Crippen LogP contribution in [0.2, 0.25) is 0 Å². The third kappa shape index (κ3) is 4.48. The first-order chi connectivity index (χ1) is 14.1. The lowest BCUT2D eigenvalue weighted by molar-refractivity contribution is 0.181. The Morgan fingerprint density at radius 2 is 1.86 bits per heavy atom. The second-order valence-corrected chi connectivity index (χ2v) is 9.60. The van der Waals surface area contributed by atoms with Crippen molar-refractivity contribution in [3.8, 4) is 17.0 Å². The maximum atomic E-state index is 12.7. The highest BCUT2D eigenvalue weighted by Gasteiger charge is 2.28. The summed E-state index contributed by atoms with van der Waals surface area (Å²) in [6.45, 7) is 3.01. The van der Waals surface area contributed by atoms with Gasteiger partial charge in [-0.25, -0.2) is 13.4 Å². The molecule has 0 radical (unpaired) electrons. The van der Waals surface area contributed by atoms with Crippen LogP contribution in [-0.4, -0.2) is 60.9 Å². The first-order valence-electron chi connectivity index (χ1n) is 9.27. The molecule has 0 spiro atoms. The predicted octanol–water partition coefficient (Wildman–Crippen LogP) is 2.72. The van der Waals surface area contributed by atoms with E-state index in [9.17, 15) is 8.42 Å². The van der Waals surface area contributed by atoms with Crippen LogP contribution in [0.25, 0.3) is 11.3 Å². The van der Waals surface area contributed by atoms with E-state index in [0.29, 0.717) is 26.2 Å². The number of benzene rings is 1. The van der Waals surface area contributed by atoms with E-state index in [1.165, 1.54) is 10.5 Å². The smallest absolute Gasteiger partial charge is 0.244 e. The lowest BCUT2D eigenvalue weighted by atomic mass is 10.2. The normalized spacial score (nSPS) is 16.0. The van der Waals surface area contributed by atoms with Crippen LogP contribution in [0.3, 0.4) is 0 Å². The van der Waals surface area contributed by atoms with Gasteiger partial charge in [0.15, 0.2) is 0 Å². The molecule has 1 saturated heterocycles. The summed E-state index contributed by atoms with van der Waals surface area (Å²) in [5.41, 5.74) is 2.01. The van der Waals surface area contributed by atoms with Crippen molar-refractivity contribution in [2.75, 3.05) is 33.3 Å². The number of pyridine rings is 1. The molecule has 3 heterocycles. The number of methoxy groups -OCH3 is 1. The highest BCUT2D eigenvalue weighted by atomic mass is 32.2. The Balaban J connectivity index is 1.36. The molecule has 1 aliphatic heterocycles. The molecule has 29 heavy (non-hydrogen) atoms. The van der Waals surface area contributed by atoms with Crippen LogP contribution < -0.4 is 4.74 Å². The van der Waals surface area contributed by atoms with Crippen molar-refractivity contribution in [3.63, 3.8) is 0 Å². The Morgan fingerprint density at radius 1 is 1.10 bits per heavy atom. The average Bonchev–Trinajstić information content (AvgIpc) is 3.23. The van der Waals surface area contributed by atoms with E-state index in [2.05, 4.69) is 15.3 Å². The molecule has 152 valence electrons. The third-order valence-corrected chi connectivity index (χ3v) is 7.62. The van der Waals surface area contributed by atoms with Crippen LogP contribution in [-0.2, 0) is 16.6 Å². The van der Waals surface area contributed by atoms with Gasteiger partial charge < -0.3 is 4.74 Å². The van der Waals surface area contributed by atoms with Gasteiger partial charge in [-0.05, 0) is 36.4 Å². The van der Waals surface area contributed by atoms with Crippen molar-refractivity contribution in [3.05, 3.63) is 59.2 Å². The van der Waals surface area contributed by atoms with Gasteiger partial charge in [0, 0.05) is 49.5 Å². The minimum atomic E-state index is -3.48. The van der Waals surface area contributed by atoms with Gasteiger partial charge in [0.2, 0.25) is 10.0 Å². The molecular formula is C20H22N4O3S2. The van der Waals surface area contributed by atoms with Gasteiger partial charge in [-0.3, -0.25) is 9.88 Å². The summed E-state index contributed by atoms with van der Waals surface area (Å²) in [5, 5.41) is 3.08. The highest BCUT2D eigenvalue weighted by molar-refractivity contribution is 7.89.